The molecule has 10 heteroatoms. The number of aromatic nitrogens is 1. The predicted octanol–water partition coefficient (Wildman–Crippen LogP) is 3.63. The summed E-state index contributed by atoms with van der Waals surface area (Å²) in [6, 6.07) is 8.93. The Labute approximate surface area is 207 Å². The van der Waals surface area contributed by atoms with E-state index in [9.17, 15) is 22.8 Å². The molecule has 1 aromatic carbocycles. The van der Waals surface area contributed by atoms with E-state index in [1.54, 1.807) is 42.4 Å². The molecule has 1 aromatic heterocycles. The number of pyridine rings is 1. The van der Waals surface area contributed by atoms with Crippen LogP contribution in [0.5, 0.6) is 0 Å². The highest BCUT2D eigenvalue weighted by atomic mass is 19.4. The molecule has 1 N–H and O–H groups in total. The Bertz CT molecular complexity index is 1170. The summed E-state index contributed by atoms with van der Waals surface area (Å²) in [5.41, 5.74) is 0.394. The molecule has 0 spiro atoms. The van der Waals surface area contributed by atoms with Crippen molar-refractivity contribution in [3.05, 3.63) is 58.9 Å². The predicted molar refractivity (Wildman–Crippen MR) is 127 cm³/mol. The van der Waals surface area contributed by atoms with Crippen LogP contribution in [0.15, 0.2) is 36.5 Å². The molecule has 0 aliphatic carbocycles. The van der Waals surface area contributed by atoms with E-state index in [-0.39, 0.29) is 29.6 Å². The molecule has 2 atom stereocenters. The molecule has 36 heavy (non-hydrogen) atoms. The minimum Gasteiger partial charge on any atom is -0.372 e. The normalized spacial score (nSPS) is 20.8. The van der Waals surface area contributed by atoms with E-state index in [4.69, 9.17) is 5.26 Å². The number of hydrogen-bond donors (Lipinski definition) is 1. The van der Waals surface area contributed by atoms with Gasteiger partial charge in [-0.2, -0.15) is 18.4 Å². The van der Waals surface area contributed by atoms with Crippen molar-refractivity contribution in [2.24, 2.45) is 17.8 Å². The van der Waals surface area contributed by atoms with Gasteiger partial charge in [0, 0.05) is 50.8 Å². The van der Waals surface area contributed by atoms with Gasteiger partial charge in [-0.05, 0) is 61.9 Å². The summed E-state index contributed by atoms with van der Waals surface area (Å²) < 4.78 is 40.2. The number of hydrogen-bond acceptors (Lipinski definition) is 5. The molecule has 190 valence electrons. The maximum Gasteiger partial charge on any atom is 0.417 e. The zero-order valence-corrected chi connectivity index (χ0v) is 20.2. The lowest BCUT2D eigenvalue weighted by Crippen LogP contribution is -2.41. The molecule has 0 bridgehead atoms. The van der Waals surface area contributed by atoms with Crippen molar-refractivity contribution in [2.75, 3.05) is 38.1 Å². The van der Waals surface area contributed by atoms with Crippen LogP contribution in [0.1, 0.15) is 40.0 Å². The van der Waals surface area contributed by atoms with Crippen LogP contribution in [-0.4, -0.2) is 54.9 Å². The van der Waals surface area contributed by atoms with E-state index in [0.29, 0.717) is 50.3 Å². The summed E-state index contributed by atoms with van der Waals surface area (Å²) >= 11 is 0. The molecule has 2 fully saturated rings. The lowest BCUT2D eigenvalue weighted by Gasteiger charge is -2.37. The minimum atomic E-state index is -4.60. The Kier molecular flexibility index (Phi) is 7.20. The van der Waals surface area contributed by atoms with Crippen LogP contribution in [0.3, 0.4) is 0 Å². The van der Waals surface area contributed by atoms with Crippen molar-refractivity contribution in [1.82, 2.24) is 15.2 Å². The number of halogens is 3. The number of carbonyl (C=O) groups excluding carboxylic acids is 2. The van der Waals surface area contributed by atoms with Crippen LogP contribution in [0.4, 0.5) is 18.9 Å². The maximum atomic E-state index is 13.4. The second-order valence-electron chi connectivity index (χ2n) is 9.45. The maximum absolute atomic E-state index is 13.4. The summed E-state index contributed by atoms with van der Waals surface area (Å²) in [7, 11) is 1.58. The van der Waals surface area contributed by atoms with Gasteiger partial charge < -0.3 is 15.1 Å². The second kappa shape index (κ2) is 10.2. The van der Waals surface area contributed by atoms with Crippen molar-refractivity contribution in [3.63, 3.8) is 0 Å². The van der Waals surface area contributed by atoms with Crippen molar-refractivity contribution in [2.45, 2.75) is 25.9 Å². The van der Waals surface area contributed by atoms with E-state index in [2.05, 4.69) is 10.3 Å². The highest BCUT2D eigenvalue weighted by Crippen LogP contribution is 2.39. The molecule has 7 nitrogen and oxygen atoms in total. The van der Waals surface area contributed by atoms with Gasteiger partial charge in [0.1, 0.15) is 0 Å². The van der Waals surface area contributed by atoms with Gasteiger partial charge >= 0.3 is 6.18 Å². The molecule has 2 saturated heterocycles. The molecule has 2 aliphatic heterocycles. The van der Waals surface area contributed by atoms with Crippen molar-refractivity contribution in [1.29, 1.82) is 5.26 Å². The Morgan fingerprint density at radius 1 is 1.14 bits per heavy atom. The molecule has 3 heterocycles. The SMILES string of the molecule is CNC(=O)[C@@H]1CN(C(=O)c2ccc(C)nc2)C[C@H]1C1CCN(c2ccc(C#N)c(C(F)(F)F)c2)CC1. The zero-order valence-electron chi connectivity index (χ0n) is 20.2. The summed E-state index contributed by atoms with van der Waals surface area (Å²) in [6.07, 6.45) is -1.68. The number of anilines is 1. The number of carbonyl (C=O) groups is 2. The zero-order chi connectivity index (χ0) is 26.0. The number of likely N-dealkylation sites (tertiary alicyclic amines) is 1. The number of piperidine rings is 1. The summed E-state index contributed by atoms with van der Waals surface area (Å²) in [5.74, 6) is -0.505. The number of nitriles is 1. The average molecular weight is 500 g/mol. The van der Waals surface area contributed by atoms with Crippen LogP contribution >= 0.6 is 0 Å². The Balaban J connectivity index is 1.47. The fourth-order valence-corrected chi connectivity index (χ4v) is 5.36. The van der Waals surface area contributed by atoms with Gasteiger partial charge in [0.05, 0.1) is 28.7 Å². The van der Waals surface area contributed by atoms with Crippen LogP contribution in [0, 0.1) is 36.0 Å². The third-order valence-electron chi connectivity index (χ3n) is 7.33. The van der Waals surface area contributed by atoms with Crippen LogP contribution in [0.25, 0.3) is 0 Å². The van der Waals surface area contributed by atoms with Gasteiger partial charge in [0.25, 0.3) is 5.91 Å². The van der Waals surface area contributed by atoms with Crippen LogP contribution < -0.4 is 10.2 Å². The highest BCUT2D eigenvalue weighted by molar-refractivity contribution is 5.94. The quantitative estimate of drug-likeness (QED) is 0.694. The number of nitrogens with zero attached hydrogens (tertiary/aromatic N) is 4. The molecule has 0 saturated carbocycles. The highest BCUT2D eigenvalue weighted by Gasteiger charge is 2.44. The van der Waals surface area contributed by atoms with Crippen molar-refractivity contribution >= 4 is 17.5 Å². The van der Waals surface area contributed by atoms with Gasteiger partial charge in [-0.3, -0.25) is 14.6 Å². The van der Waals surface area contributed by atoms with Crippen molar-refractivity contribution < 1.29 is 22.8 Å². The van der Waals surface area contributed by atoms with Gasteiger partial charge in [0.2, 0.25) is 5.91 Å². The third-order valence-corrected chi connectivity index (χ3v) is 7.33. The topological polar surface area (TPSA) is 89.3 Å². The Morgan fingerprint density at radius 2 is 1.86 bits per heavy atom. The van der Waals surface area contributed by atoms with Gasteiger partial charge in [-0.15, -0.1) is 0 Å². The number of aryl methyl sites for hydroxylation is 1. The first-order valence-corrected chi connectivity index (χ1v) is 11.9. The lowest BCUT2D eigenvalue weighted by atomic mass is 9.78. The first-order valence-electron chi connectivity index (χ1n) is 11.9. The average Bonchev–Trinajstić information content (AvgIpc) is 3.33. The minimum absolute atomic E-state index is 0.0406. The third kappa shape index (κ3) is 5.15. The Morgan fingerprint density at radius 3 is 2.44 bits per heavy atom. The van der Waals surface area contributed by atoms with Crippen LogP contribution in [-0.2, 0) is 11.0 Å². The molecule has 4 rings (SSSR count). The van der Waals surface area contributed by atoms with Crippen LogP contribution in [0.2, 0.25) is 0 Å². The summed E-state index contributed by atoms with van der Waals surface area (Å²) in [4.78, 5) is 33.6. The molecule has 0 unspecified atom stereocenters. The van der Waals surface area contributed by atoms with E-state index in [0.717, 1.165) is 11.8 Å². The number of alkyl halides is 3. The number of nitrogens with one attached hydrogen (secondary N) is 1. The Hall–Kier alpha value is -3.61. The lowest BCUT2D eigenvalue weighted by molar-refractivity contribution is -0.137. The molecular formula is C26H28F3N5O2. The second-order valence-corrected chi connectivity index (χ2v) is 9.45. The molecule has 0 radical (unpaired) electrons. The monoisotopic (exact) mass is 499 g/mol. The fourth-order valence-electron chi connectivity index (χ4n) is 5.36. The molecular weight excluding hydrogens is 471 g/mol. The first-order chi connectivity index (χ1) is 17.1. The fraction of sp³-hybridized carbons (Fsp3) is 0.462. The molecule has 2 aromatic rings. The summed E-state index contributed by atoms with van der Waals surface area (Å²) in [5, 5.41) is 11.8. The molecule has 2 amide bonds. The van der Waals surface area contributed by atoms with Gasteiger partial charge in [0.15, 0.2) is 0 Å². The van der Waals surface area contributed by atoms with E-state index in [1.165, 1.54) is 6.07 Å². The smallest absolute Gasteiger partial charge is 0.372 e. The van der Waals surface area contributed by atoms with Gasteiger partial charge in [-0.1, -0.05) is 0 Å². The largest absolute Gasteiger partial charge is 0.417 e. The van der Waals surface area contributed by atoms with Crippen molar-refractivity contribution in [3.8, 4) is 6.07 Å². The van der Waals surface area contributed by atoms with E-state index >= 15 is 0 Å². The standard InChI is InChI=1S/C26H28F3N5O2/c1-16-3-4-19(13-32-16)25(36)34-14-21(22(15-34)24(35)31-2)17-7-9-33(10-8-17)20-6-5-18(12-30)23(11-20)26(27,28)29/h3-6,11,13,17,21-22H,7-10,14-15H2,1-2H3,(H,31,35)/t21-,22+/m0/s1. The number of amides is 2. The van der Waals surface area contributed by atoms with E-state index in [1.807, 2.05) is 11.8 Å². The first kappa shape index (κ1) is 25.5. The summed E-state index contributed by atoms with van der Waals surface area (Å²) in [6.45, 7) is 3.67. The number of benzene rings is 1. The van der Waals surface area contributed by atoms with E-state index < -0.39 is 17.3 Å². The molecule has 2 aliphatic rings. The van der Waals surface area contributed by atoms with Gasteiger partial charge in [-0.25, -0.2) is 0 Å². The number of rotatable bonds is 4.